The molecule has 104 valence electrons. The number of halogens is 4. The number of nitrogens with zero attached hydrogens (tertiary/aromatic N) is 1. The van der Waals surface area contributed by atoms with Gasteiger partial charge in [-0.05, 0) is 29.8 Å². The Balaban J connectivity index is 2.28. The summed E-state index contributed by atoms with van der Waals surface area (Å²) in [4.78, 5) is 14.4. The molecule has 3 nitrogen and oxygen atoms in total. The van der Waals surface area contributed by atoms with Crippen LogP contribution in [-0.4, -0.2) is 17.6 Å². The lowest BCUT2D eigenvalue weighted by Gasteiger charge is -2.09. The molecule has 0 unspecified atom stereocenters. The highest BCUT2D eigenvalue weighted by molar-refractivity contribution is 6.32. The molecule has 0 bridgehead atoms. The minimum atomic E-state index is -4.73. The van der Waals surface area contributed by atoms with E-state index in [4.69, 9.17) is 11.6 Å². The molecule has 0 N–H and O–H groups in total. The van der Waals surface area contributed by atoms with Crippen LogP contribution in [0.25, 0.3) is 11.1 Å². The molecular formula is C13H7ClF3NO2. The van der Waals surface area contributed by atoms with E-state index in [0.717, 1.165) is 0 Å². The highest BCUT2D eigenvalue weighted by Gasteiger charge is 2.30. The number of aldehydes is 1. The second-order valence-electron chi connectivity index (χ2n) is 3.76. The predicted molar refractivity (Wildman–Crippen MR) is 66.8 cm³/mol. The summed E-state index contributed by atoms with van der Waals surface area (Å²) in [6.45, 7) is 0. The van der Waals surface area contributed by atoms with Crippen molar-refractivity contribution < 1.29 is 22.7 Å². The molecule has 0 radical (unpaired) electrons. The normalized spacial score (nSPS) is 11.2. The van der Waals surface area contributed by atoms with E-state index >= 15 is 0 Å². The highest BCUT2D eigenvalue weighted by atomic mass is 35.5. The van der Waals surface area contributed by atoms with Crippen LogP contribution < -0.4 is 4.74 Å². The van der Waals surface area contributed by atoms with Crippen LogP contribution >= 0.6 is 11.6 Å². The number of hydrogen-bond acceptors (Lipinski definition) is 3. The molecule has 0 aliphatic carbocycles. The summed E-state index contributed by atoms with van der Waals surface area (Å²) in [5, 5.41) is 0.0964. The Morgan fingerprint density at radius 1 is 1.10 bits per heavy atom. The Kier molecular flexibility index (Phi) is 3.94. The number of hydrogen-bond donors (Lipinski definition) is 0. The Hall–Kier alpha value is -2.08. The Morgan fingerprint density at radius 2 is 1.75 bits per heavy atom. The topological polar surface area (TPSA) is 39.2 Å². The molecule has 2 aromatic rings. The van der Waals surface area contributed by atoms with Crippen molar-refractivity contribution in [3.63, 3.8) is 0 Å². The Labute approximate surface area is 117 Å². The van der Waals surface area contributed by atoms with E-state index < -0.39 is 6.36 Å². The molecule has 0 atom stereocenters. The van der Waals surface area contributed by atoms with Crippen LogP contribution in [0, 0.1) is 0 Å². The second-order valence-corrected chi connectivity index (χ2v) is 4.12. The first kappa shape index (κ1) is 14.3. The van der Waals surface area contributed by atoms with Gasteiger partial charge < -0.3 is 4.74 Å². The van der Waals surface area contributed by atoms with Gasteiger partial charge in [0.25, 0.3) is 0 Å². The zero-order valence-electron chi connectivity index (χ0n) is 9.82. The maximum Gasteiger partial charge on any atom is 0.573 e. The lowest BCUT2D eigenvalue weighted by atomic mass is 10.1. The number of ether oxygens (including phenoxy) is 1. The predicted octanol–water partition coefficient (Wildman–Crippen LogP) is 4.11. The maximum absolute atomic E-state index is 12.0. The van der Waals surface area contributed by atoms with Crippen LogP contribution in [0.15, 0.2) is 36.4 Å². The number of alkyl halides is 3. The monoisotopic (exact) mass is 301 g/mol. The first-order valence-corrected chi connectivity index (χ1v) is 5.75. The highest BCUT2D eigenvalue weighted by Crippen LogP contribution is 2.29. The van der Waals surface area contributed by atoms with Crippen LogP contribution in [0.4, 0.5) is 13.2 Å². The summed E-state index contributed by atoms with van der Waals surface area (Å²) in [6, 6.07) is 8.22. The van der Waals surface area contributed by atoms with Crippen molar-refractivity contribution in [3.05, 3.63) is 47.2 Å². The lowest BCUT2D eigenvalue weighted by Crippen LogP contribution is -2.16. The standard InChI is InChI=1S/C13H7ClF3NO2/c14-12-11(6-3-9(7-19)18-12)8-1-4-10(5-2-8)20-13(15,16)17/h1-7H. The van der Waals surface area contributed by atoms with Crippen molar-refractivity contribution in [3.8, 4) is 16.9 Å². The lowest BCUT2D eigenvalue weighted by molar-refractivity contribution is -0.274. The van der Waals surface area contributed by atoms with Gasteiger partial charge >= 0.3 is 6.36 Å². The summed E-state index contributed by atoms with van der Waals surface area (Å²) in [5.41, 5.74) is 1.25. The van der Waals surface area contributed by atoms with Crippen LogP contribution in [0.3, 0.4) is 0 Å². The fraction of sp³-hybridized carbons (Fsp3) is 0.0769. The quantitative estimate of drug-likeness (QED) is 0.632. The van der Waals surface area contributed by atoms with Gasteiger partial charge in [-0.25, -0.2) is 4.98 Å². The first-order chi connectivity index (χ1) is 9.39. The van der Waals surface area contributed by atoms with Gasteiger partial charge in [0, 0.05) is 5.56 Å². The molecule has 0 saturated heterocycles. The van der Waals surface area contributed by atoms with Gasteiger partial charge in [-0.2, -0.15) is 0 Å². The zero-order chi connectivity index (χ0) is 14.8. The number of pyridine rings is 1. The Morgan fingerprint density at radius 3 is 2.25 bits per heavy atom. The molecular weight excluding hydrogens is 295 g/mol. The van der Waals surface area contributed by atoms with Crippen LogP contribution in [-0.2, 0) is 0 Å². The minimum Gasteiger partial charge on any atom is -0.406 e. The van der Waals surface area contributed by atoms with Crippen molar-refractivity contribution in [2.75, 3.05) is 0 Å². The average molecular weight is 302 g/mol. The summed E-state index contributed by atoms with van der Waals surface area (Å²) in [5.74, 6) is -0.324. The van der Waals surface area contributed by atoms with Gasteiger partial charge in [0.05, 0.1) is 0 Å². The van der Waals surface area contributed by atoms with Gasteiger partial charge in [0.2, 0.25) is 0 Å². The fourth-order valence-electron chi connectivity index (χ4n) is 1.57. The largest absolute Gasteiger partial charge is 0.573 e. The van der Waals surface area contributed by atoms with Gasteiger partial charge in [-0.3, -0.25) is 4.79 Å². The van der Waals surface area contributed by atoms with Gasteiger partial charge in [-0.15, -0.1) is 13.2 Å². The number of carbonyl (C=O) groups excluding carboxylic acids is 1. The van der Waals surface area contributed by atoms with Gasteiger partial charge in [0.15, 0.2) is 6.29 Å². The molecule has 20 heavy (non-hydrogen) atoms. The van der Waals surface area contributed by atoms with E-state index in [1.165, 1.54) is 30.3 Å². The molecule has 0 aliphatic rings. The number of carbonyl (C=O) groups is 1. The fourth-order valence-corrected chi connectivity index (χ4v) is 1.84. The molecule has 0 saturated carbocycles. The van der Waals surface area contributed by atoms with Crippen LogP contribution in [0.2, 0.25) is 5.15 Å². The third-order valence-corrected chi connectivity index (χ3v) is 2.68. The minimum absolute atomic E-state index is 0.0964. The van der Waals surface area contributed by atoms with Crippen molar-refractivity contribution in [2.45, 2.75) is 6.36 Å². The molecule has 1 aromatic heterocycles. The van der Waals surface area contributed by atoms with Crippen molar-refractivity contribution in [1.29, 1.82) is 0 Å². The smallest absolute Gasteiger partial charge is 0.406 e. The summed E-state index contributed by atoms with van der Waals surface area (Å²) < 4.78 is 39.8. The molecule has 1 heterocycles. The van der Waals surface area contributed by atoms with Crippen molar-refractivity contribution >= 4 is 17.9 Å². The molecule has 0 aliphatic heterocycles. The third-order valence-electron chi connectivity index (χ3n) is 2.39. The van der Waals surface area contributed by atoms with Gasteiger partial charge in [-0.1, -0.05) is 23.7 Å². The summed E-state index contributed by atoms with van der Waals surface area (Å²) in [7, 11) is 0. The first-order valence-electron chi connectivity index (χ1n) is 5.37. The SMILES string of the molecule is O=Cc1ccc(-c2ccc(OC(F)(F)F)cc2)c(Cl)n1. The van der Waals surface area contributed by atoms with E-state index in [1.54, 1.807) is 6.07 Å². The maximum atomic E-state index is 12.0. The van der Waals surface area contributed by atoms with E-state index in [1.807, 2.05) is 0 Å². The third kappa shape index (κ3) is 3.48. The molecule has 0 fully saturated rings. The Bertz CT molecular complexity index is 627. The summed E-state index contributed by atoms with van der Waals surface area (Å²) >= 11 is 5.91. The van der Waals surface area contributed by atoms with E-state index in [2.05, 4.69) is 9.72 Å². The molecule has 2 rings (SSSR count). The average Bonchev–Trinajstić information content (AvgIpc) is 2.38. The molecule has 0 amide bonds. The van der Waals surface area contributed by atoms with Crippen LogP contribution in [0.1, 0.15) is 10.5 Å². The molecule has 1 aromatic carbocycles. The zero-order valence-corrected chi connectivity index (χ0v) is 10.6. The van der Waals surface area contributed by atoms with Crippen LogP contribution in [0.5, 0.6) is 5.75 Å². The number of aromatic nitrogens is 1. The van der Waals surface area contributed by atoms with E-state index in [0.29, 0.717) is 17.4 Å². The second kappa shape index (κ2) is 5.50. The van der Waals surface area contributed by atoms with E-state index in [-0.39, 0.29) is 16.6 Å². The van der Waals surface area contributed by atoms with Crippen molar-refractivity contribution in [2.24, 2.45) is 0 Å². The summed E-state index contributed by atoms with van der Waals surface area (Å²) in [6.07, 6.45) is -4.18. The number of rotatable bonds is 3. The number of benzene rings is 1. The molecule has 7 heteroatoms. The van der Waals surface area contributed by atoms with Gasteiger partial charge in [0.1, 0.15) is 16.6 Å². The van der Waals surface area contributed by atoms with E-state index in [9.17, 15) is 18.0 Å². The van der Waals surface area contributed by atoms with Crippen molar-refractivity contribution in [1.82, 2.24) is 4.98 Å². The molecule has 0 spiro atoms.